The fraction of sp³-hybridized carbons (Fsp3) is 0.375. The molecular formula is C24H28N2O5S. The van der Waals surface area contributed by atoms with Crippen LogP contribution in [0.2, 0.25) is 0 Å². The predicted molar refractivity (Wildman–Crippen MR) is 124 cm³/mol. The molecule has 32 heavy (non-hydrogen) atoms. The van der Waals surface area contributed by atoms with E-state index in [-0.39, 0.29) is 31.4 Å². The van der Waals surface area contributed by atoms with Crippen LogP contribution in [0.5, 0.6) is 0 Å². The monoisotopic (exact) mass is 456 g/mol. The molecule has 2 atom stereocenters. The normalized spacial score (nSPS) is 16.7. The second-order valence-corrected chi connectivity index (χ2v) is 8.52. The van der Waals surface area contributed by atoms with Crippen molar-refractivity contribution in [3.63, 3.8) is 0 Å². The molecule has 0 aliphatic carbocycles. The minimum Gasteiger partial charge on any atom is -0.481 e. The van der Waals surface area contributed by atoms with Crippen LogP contribution >= 0.6 is 11.8 Å². The van der Waals surface area contributed by atoms with Crippen molar-refractivity contribution in [1.29, 1.82) is 0 Å². The average molecular weight is 457 g/mol. The number of ether oxygens (including phenoxy) is 1. The number of amides is 1. The molecule has 8 heteroatoms. The number of carboxylic acids is 1. The van der Waals surface area contributed by atoms with Crippen molar-refractivity contribution in [2.45, 2.75) is 43.2 Å². The van der Waals surface area contributed by atoms with E-state index in [2.05, 4.69) is 5.32 Å². The molecule has 2 aromatic rings. The summed E-state index contributed by atoms with van der Waals surface area (Å²) in [5.74, 6) is -1.16. The molecule has 0 spiro atoms. The molecule has 0 bridgehead atoms. The van der Waals surface area contributed by atoms with Crippen LogP contribution in [0.4, 0.5) is 5.69 Å². The summed E-state index contributed by atoms with van der Waals surface area (Å²) in [5, 5.41) is 12.4. The molecule has 1 aliphatic heterocycles. The third-order valence-electron chi connectivity index (χ3n) is 5.21. The number of benzene rings is 2. The van der Waals surface area contributed by atoms with Gasteiger partial charge in [-0.15, -0.1) is 11.8 Å². The lowest BCUT2D eigenvalue weighted by atomic mass is 10.0. The Morgan fingerprint density at radius 3 is 2.62 bits per heavy atom. The van der Waals surface area contributed by atoms with Crippen LogP contribution in [0.3, 0.4) is 0 Å². The number of nitrogens with one attached hydrogen (secondary N) is 1. The highest BCUT2D eigenvalue weighted by Crippen LogP contribution is 2.34. The standard InChI is InChI=1S/C24H28N2O5S/c1-2-31-24(30)18(13-12-17-8-4-3-5-9-17)25-19-16-32-21-11-7-6-10-20(21)26(23(19)29)15-14-22(27)28/h3-11,18-19,25H,2,12-16H2,1H3,(H,27,28)/t18-,19?/m1/s1. The summed E-state index contributed by atoms with van der Waals surface area (Å²) in [6.07, 6.45) is 0.987. The summed E-state index contributed by atoms with van der Waals surface area (Å²) < 4.78 is 5.26. The second kappa shape index (κ2) is 11.7. The number of anilines is 1. The van der Waals surface area contributed by atoms with E-state index in [0.29, 0.717) is 24.3 Å². The molecule has 2 aromatic carbocycles. The van der Waals surface area contributed by atoms with E-state index in [1.165, 1.54) is 16.7 Å². The molecule has 1 aliphatic rings. The number of nitrogens with zero attached hydrogens (tertiary/aromatic N) is 1. The largest absolute Gasteiger partial charge is 0.481 e. The molecule has 1 amide bonds. The van der Waals surface area contributed by atoms with Gasteiger partial charge in [-0.25, -0.2) is 0 Å². The number of thioether (sulfide) groups is 1. The number of hydrogen-bond acceptors (Lipinski definition) is 6. The zero-order chi connectivity index (χ0) is 22.9. The summed E-state index contributed by atoms with van der Waals surface area (Å²) in [5.41, 5.74) is 1.80. The number of rotatable bonds is 10. The van der Waals surface area contributed by atoms with Crippen LogP contribution in [0.15, 0.2) is 59.5 Å². The zero-order valence-electron chi connectivity index (χ0n) is 18.0. The Labute approximate surface area is 192 Å². The van der Waals surface area contributed by atoms with Gasteiger partial charge in [-0.05, 0) is 37.5 Å². The summed E-state index contributed by atoms with van der Waals surface area (Å²) in [7, 11) is 0. The van der Waals surface area contributed by atoms with Gasteiger partial charge in [0.15, 0.2) is 0 Å². The summed E-state index contributed by atoms with van der Waals surface area (Å²) in [6, 6.07) is 16.0. The Kier molecular flexibility index (Phi) is 8.70. The summed E-state index contributed by atoms with van der Waals surface area (Å²) in [4.78, 5) is 39.7. The van der Waals surface area contributed by atoms with Gasteiger partial charge in [0.05, 0.1) is 24.8 Å². The first-order valence-corrected chi connectivity index (χ1v) is 11.7. The summed E-state index contributed by atoms with van der Waals surface area (Å²) in [6.45, 7) is 2.08. The van der Waals surface area contributed by atoms with Crippen molar-refractivity contribution >= 4 is 35.3 Å². The van der Waals surface area contributed by atoms with E-state index in [1.54, 1.807) is 6.92 Å². The number of aliphatic carboxylic acids is 1. The van der Waals surface area contributed by atoms with Crippen molar-refractivity contribution in [1.82, 2.24) is 5.32 Å². The zero-order valence-corrected chi connectivity index (χ0v) is 18.8. The molecule has 0 aromatic heterocycles. The maximum atomic E-state index is 13.4. The Balaban J connectivity index is 1.79. The minimum atomic E-state index is -0.969. The van der Waals surface area contributed by atoms with E-state index in [1.807, 2.05) is 54.6 Å². The molecule has 1 heterocycles. The maximum Gasteiger partial charge on any atom is 0.323 e. The molecule has 0 saturated heterocycles. The van der Waals surface area contributed by atoms with Gasteiger partial charge in [0.1, 0.15) is 6.04 Å². The number of carbonyl (C=O) groups excluding carboxylic acids is 2. The number of fused-ring (bicyclic) bond motifs is 1. The second-order valence-electron chi connectivity index (χ2n) is 7.46. The first kappa shape index (κ1) is 23.8. The van der Waals surface area contributed by atoms with Crippen LogP contribution in [-0.4, -0.2) is 53.9 Å². The summed E-state index contributed by atoms with van der Waals surface area (Å²) >= 11 is 1.52. The number of esters is 1. The molecule has 0 saturated carbocycles. The van der Waals surface area contributed by atoms with Gasteiger partial charge < -0.3 is 14.7 Å². The van der Waals surface area contributed by atoms with Gasteiger partial charge >= 0.3 is 11.9 Å². The lowest BCUT2D eigenvalue weighted by Crippen LogP contribution is -2.53. The first-order chi connectivity index (χ1) is 15.5. The smallest absolute Gasteiger partial charge is 0.323 e. The van der Waals surface area contributed by atoms with Gasteiger partial charge in [-0.3, -0.25) is 19.7 Å². The predicted octanol–water partition coefficient (Wildman–Crippen LogP) is 3.12. The van der Waals surface area contributed by atoms with E-state index < -0.39 is 18.1 Å². The van der Waals surface area contributed by atoms with Gasteiger partial charge in [0.25, 0.3) is 0 Å². The average Bonchev–Trinajstić information content (AvgIpc) is 2.92. The van der Waals surface area contributed by atoms with E-state index >= 15 is 0 Å². The Bertz CT molecular complexity index is 937. The maximum absolute atomic E-state index is 13.4. The van der Waals surface area contributed by atoms with Crippen LogP contribution in [0.1, 0.15) is 25.3 Å². The number of carbonyl (C=O) groups is 3. The number of hydrogen-bond donors (Lipinski definition) is 2. The fourth-order valence-corrected chi connectivity index (χ4v) is 4.71. The van der Waals surface area contributed by atoms with E-state index in [9.17, 15) is 14.4 Å². The Morgan fingerprint density at radius 1 is 1.19 bits per heavy atom. The van der Waals surface area contributed by atoms with E-state index in [0.717, 1.165) is 10.5 Å². The van der Waals surface area contributed by atoms with Gasteiger partial charge in [-0.2, -0.15) is 0 Å². The highest BCUT2D eigenvalue weighted by molar-refractivity contribution is 7.99. The highest BCUT2D eigenvalue weighted by Gasteiger charge is 2.34. The van der Waals surface area contributed by atoms with Crippen molar-refractivity contribution in [3.8, 4) is 0 Å². The van der Waals surface area contributed by atoms with Gasteiger partial charge in [-0.1, -0.05) is 42.5 Å². The molecule has 0 fully saturated rings. The fourth-order valence-electron chi connectivity index (χ4n) is 3.62. The van der Waals surface area contributed by atoms with E-state index in [4.69, 9.17) is 9.84 Å². The van der Waals surface area contributed by atoms with Gasteiger partial charge in [0.2, 0.25) is 5.91 Å². The SMILES string of the molecule is CCOC(=O)[C@@H](CCc1ccccc1)NC1CSc2ccccc2N(CCC(=O)O)C1=O. The lowest BCUT2D eigenvalue weighted by molar-refractivity contribution is -0.146. The van der Waals surface area contributed by atoms with Crippen LogP contribution < -0.4 is 10.2 Å². The molecular weight excluding hydrogens is 428 g/mol. The molecule has 2 N–H and O–H groups in total. The third kappa shape index (κ3) is 6.34. The van der Waals surface area contributed by atoms with Crippen LogP contribution in [0, 0.1) is 0 Å². The Hall–Kier alpha value is -2.84. The molecule has 0 radical (unpaired) electrons. The quantitative estimate of drug-likeness (QED) is 0.530. The molecule has 3 rings (SSSR count). The molecule has 170 valence electrons. The van der Waals surface area contributed by atoms with Crippen LogP contribution in [0.25, 0.3) is 0 Å². The first-order valence-electron chi connectivity index (χ1n) is 10.7. The van der Waals surface area contributed by atoms with Crippen molar-refractivity contribution in [2.24, 2.45) is 0 Å². The third-order valence-corrected chi connectivity index (χ3v) is 6.37. The van der Waals surface area contributed by atoms with Crippen molar-refractivity contribution < 1.29 is 24.2 Å². The molecule has 7 nitrogen and oxygen atoms in total. The number of aryl methyl sites for hydroxylation is 1. The number of para-hydroxylation sites is 1. The minimum absolute atomic E-state index is 0.0675. The lowest BCUT2D eigenvalue weighted by Gasteiger charge is -2.27. The van der Waals surface area contributed by atoms with Crippen LogP contribution in [-0.2, 0) is 25.5 Å². The molecule has 1 unspecified atom stereocenters. The highest BCUT2D eigenvalue weighted by atomic mass is 32.2. The topological polar surface area (TPSA) is 95.9 Å². The van der Waals surface area contributed by atoms with Gasteiger partial charge in [0, 0.05) is 17.2 Å². The number of carboxylic acid groups (broad SMARTS) is 1. The van der Waals surface area contributed by atoms with Crippen molar-refractivity contribution in [3.05, 3.63) is 60.2 Å². The van der Waals surface area contributed by atoms with Crippen molar-refractivity contribution in [2.75, 3.05) is 23.8 Å². The Morgan fingerprint density at radius 2 is 1.91 bits per heavy atom.